The van der Waals surface area contributed by atoms with E-state index in [9.17, 15) is 4.79 Å². The van der Waals surface area contributed by atoms with E-state index in [-0.39, 0.29) is 6.42 Å². The van der Waals surface area contributed by atoms with Gasteiger partial charge < -0.3 is 9.84 Å². The van der Waals surface area contributed by atoms with Crippen LogP contribution in [-0.4, -0.2) is 34.0 Å². The number of benzene rings is 2. The molecule has 0 aliphatic carbocycles. The van der Waals surface area contributed by atoms with Gasteiger partial charge in [0.25, 0.3) is 0 Å². The summed E-state index contributed by atoms with van der Waals surface area (Å²) in [6.07, 6.45) is 3.00. The van der Waals surface area contributed by atoms with Crippen molar-refractivity contribution in [3.8, 4) is 17.0 Å². The smallest absolute Gasteiger partial charge is 0.304 e. The Morgan fingerprint density at radius 2 is 1.97 bits per heavy atom. The minimum Gasteiger partial charge on any atom is -0.489 e. The van der Waals surface area contributed by atoms with Gasteiger partial charge in [0, 0.05) is 36.4 Å². The molecule has 2 heterocycles. The van der Waals surface area contributed by atoms with Crippen molar-refractivity contribution in [3.05, 3.63) is 82.5 Å². The normalized spacial score (nSPS) is 13.6. The molecule has 0 unspecified atom stereocenters. The van der Waals surface area contributed by atoms with Crippen LogP contribution in [-0.2, 0) is 24.4 Å². The standard InChI is InChI=1S/C24H23ClN2O3/c25-21-3-1-2-17(12-21)16-30-22-6-4-18(5-7-22)23-13-19-8-10-27(11-9-24(28)29)15-20(19)14-26-23/h1-7,12-14H,8-11,15-16H2,(H,28,29). The number of hydrogen-bond acceptors (Lipinski definition) is 4. The third kappa shape index (κ3) is 5.17. The monoisotopic (exact) mass is 422 g/mol. The van der Waals surface area contributed by atoms with Gasteiger partial charge in [0.2, 0.25) is 0 Å². The quantitative estimate of drug-likeness (QED) is 0.591. The lowest BCUT2D eigenvalue weighted by atomic mass is 9.99. The molecule has 5 nitrogen and oxygen atoms in total. The molecular formula is C24H23ClN2O3. The third-order valence-electron chi connectivity index (χ3n) is 5.26. The Morgan fingerprint density at radius 1 is 1.13 bits per heavy atom. The maximum Gasteiger partial charge on any atom is 0.304 e. The summed E-state index contributed by atoms with van der Waals surface area (Å²) in [5.74, 6) is 0.0417. The molecule has 0 radical (unpaired) electrons. The number of hydrogen-bond donors (Lipinski definition) is 1. The van der Waals surface area contributed by atoms with Gasteiger partial charge >= 0.3 is 5.97 Å². The van der Waals surface area contributed by atoms with Gasteiger partial charge in [0.05, 0.1) is 12.1 Å². The Balaban J connectivity index is 1.39. The first-order valence-electron chi connectivity index (χ1n) is 9.96. The van der Waals surface area contributed by atoms with Crippen LogP contribution in [0.4, 0.5) is 0 Å². The Hall–Kier alpha value is -2.89. The van der Waals surface area contributed by atoms with Gasteiger partial charge in [-0.3, -0.25) is 14.7 Å². The van der Waals surface area contributed by atoms with Crippen LogP contribution in [0.25, 0.3) is 11.3 Å². The molecule has 0 spiro atoms. The predicted octanol–water partition coefficient (Wildman–Crippen LogP) is 4.81. The third-order valence-corrected chi connectivity index (χ3v) is 5.50. The fraction of sp³-hybridized carbons (Fsp3) is 0.250. The fourth-order valence-corrected chi connectivity index (χ4v) is 3.83. The van der Waals surface area contributed by atoms with Crippen molar-refractivity contribution in [2.45, 2.75) is 26.0 Å². The maximum atomic E-state index is 10.8. The highest BCUT2D eigenvalue weighted by Gasteiger charge is 2.18. The predicted molar refractivity (Wildman–Crippen MR) is 117 cm³/mol. The molecule has 4 rings (SSSR count). The van der Waals surface area contributed by atoms with Crippen molar-refractivity contribution in [2.75, 3.05) is 13.1 Å². The average molecular weight is 423 g/mol. The largest absolute Gasteiger partial charge is 0.489 e. The second kappa shape index (κ2) is 9.28. The van der Waals surface area contributed by atoms with E-state index in [1.54, 1.807) is 0 Å². The summed E-state index contributed by atoms with van der Waals surface area (Å²) in [7, 11) is 0. The van der Waals surface area contributed by atoms with E-state index < -0.39 is 5.97 Å². The molecule has 1 aliphatic rings. The lowest BCUT2D eigenvalue weighted by molar-refractivity contribution is -0.137. The van der Waals surface area contributed by atoms with Gasteiger partial charge in [-0.15, -0.1) is 0 Å². The summed E-state index contributed by atoms with van der Waals surface area (Å²) in [5, 5.41) is 9.57. The van der Waals surface area contributed by atoms with Crippen LogP contribution in [0.5, 0.6) is 5.75 Å². The molecule has 3 aromatic rings. The number of aromatic nitrogens is 1. The molecule has 0 saturated carbocycles. The maximum absolute atomic E-state index is 10.8. The van der Waals surface area contributed by atoms with Crippen molar-refractivity contribution >= 4 is 17.6 Å². The zero-order chi connectivity index (χ0) is 20.9. The van der Waals surface area contributed by atoms with E-state index in [2.05, 4.69) is 16.0 Å². The number of fused-ring (bicyclic) bond motifs is 1. The van der Waals surface area contributed by atoms with E-state index in [0.29, 0.717) is 18.2 Å². The molecule has 0 bridgehead atoms. The Labute approximate surface area is 180 Å². The summed E-state index contributed by atoms with van der Waals surface area (Å²) >= 11 is 6.01. The number of carbonyl (C=O) groups is 1. The molecule has 1 aliphatic heterocycles. The van der Waals surface area contributed by atoms with Crippen LogP contribution in [0.1, 0.15) is 23.1 Å². The van der Waals surface area contributed by atoms with Crippen molar-refractivity contribution in [2.24, 2.45) is 0 Å². The molecule has 0 amide bonds. The molecule has 154 valence electrons. The summed E-state index contributed by atoms with van der Waals surface area (Å²) in [4.78, 5) is 17.6. The number of carboxylic acid groups (broad SMARTS) is 1. The lowest BCUT2D eigenvalue weighted by Crippen LogP contribution is -2.32. The van der Waals surface area contributed by atoms with Crippen LogP contribution in [0, 0.1) is 0 Å². The first-order valence-corrected chi connectivity index (χ1v) is 10.3. The zero-order valence-electron chi connectivity index (χ0n) is 16.6. The van der Waals surface area contributed by atoms with Crippen LogP contribution >= 0.6 is 11.6 Å². The fourth-order valence-electron chi connectivity index (χ4n) is 3.62. The van der Waals surface area contributed by atoms with Gasteiger partial charge in [-0.25, -0.2) is 0 Å². The number of rotatable bonds is 7. The summed E-state index contributed by atoms with van der Waals surface area (Å²) in [6.45, 7) is 2.68. The van der Waals surface area contributed by atoms with Gasteiger partial charge in [-0.2, -0.15) is 0 Å². The van der Waals surface area contributed by atoms with Gasteiger partial charge in [0.1, 0.15) is 12.4 Å². The topological polar surface area (TPSA) is 62.7 Å². The summed E-state index contributed by atoms with van der Waals surface area (Å²) in [6, 6.07) is 17.7. The van der Waals surface area contributed by atoms with Gasteiger partial charge in [0.15, 0.2) is 0 Å². The van der Waals surface area contributed by atoms with E-state index >= 15 is 0 Å². The zero-order valence-corrected chi connectivity index (χ0v) is 17.3. The lowest BCUT2D eigenvalue weighted by Gasteiger charge is -2.28. The average Bonchev–Trinajstić information content (AvgIpc) is 2.76. The number of carboxylic acids is 1. The number of halogens is 1. The van der Waals surface area contributed by atoms with E-state index in [4.69, 9.17) is 21.4 Å². The first kappa shape index (κ1) is 20.4. The number of nitrogens with zero attached hydrogens (tertiary/aromatic N) is 2. The minimum absolute atomic E-state index is 0.173. The van der Waals surface area contributed by atoms with Crippen molar-refractivity contribution in [3.63, 3.8) is 0 Å². The van der Waals surface area contributed by atoms with Crippen molar-refractivity contribution in [1.82, 2.24) is 9.88 Å². The Morgan fingerprint density at radius 3 is 2.73 bits per heavy atom. The van der Waals surface area contributed by atoms with Gasteiger partial charge in [-0.05, 0) is 65.6 Å². The van der Waals surface area contributed by atoms with Gasteiger partial charge in [-0.1, -0.05) is 23.7 Å². The molecular weight excluding hydrogens is 400 g/mol. The second-order valence-corrected chi connectivity index (χ2v) is 7.89. The number of aliphatic carboxylic acids is 1. The molecule has 6 heteroatoms. The molecule has 0 saturated heterocycles. The number of ether oxygens (including phenoxy) is 1. The molecule has 1 aromatic heterocycles. The Kier molecular flexibility index (Phi) is 6.31. The van der Waals surface area contributed by atoms with Crippen LogP contribution in [0.2, 0.25) is 5.02 Å². The highest BCUT2D eigenvalue weighted by molar-refractivity contribution is 6.30. The van der Waals surface area contributed by atoms with Crippen molar-refractivity contribution in [1.29, 1.82) is 0 Å². The van der Waals surface area contributed by atoms with Crippen LogP contribution < -0.4 is 4.74 Å². The summed E-state index contributed by atoms with van der Waals surface area (Å²) < 4.78 is 5.85. The van der Waals surface area contributed by atoms with Crippen molar-refractivity contribution < 1.29 is 14.6 Å². The second-order valence-electron chi connectivity index (χ2n) is 7.45. The van der Waals surface area contributed by atoms with E-state index in [1.165, 1.54) is 11.1 Å². The summed E-state index contributed by atoms with van der Waals surface area (Å²) in [5.41, 5.74) is 5.47. The first-order chi connectivity index (χ1) is 14.6. The number of pyridine rings is 1. The van der Waals surface area contributed by atoms with Crippen LogP contribution in [0.15, 0.2) is 60.8 Å². The highest BCUT2D eigenvalue weighted by atomic mass is 35.5. The van der Waals surface area contributed by atoms with Crippen LogP contribution in [0.3, 0.4) is 0 Å². The van der Waals surface area contributed by atoms with E-state index in [0.717, 1.165) is 42.1 Å². The molecule has 2 aromatic carbocycles. The molecule has 0 fully saturated rings. The molecule has 0 atom stereocenters. The van der Waals surface area contributed by atoms with E-state index in [1.807, 2.05) is 54.7 Å². The Bertz CT molecular complexity index is 1040. The SMILES string of the molecule is O=C(O)CCN1CCc2cc(-c3ccc(OCc4cccc(Cl)c4)cc3)ncc2C1. The molecule has 30 heavy (non-hydrogen) atoms. The highest BCUT2D eigenvalue weighted by Crippen LogP contribution is 2.26. The molecule has 1 N–H and O–H groups in total. The minimum atomic E-state index is -0.755.